The second kappa shape index (κ2) is 5.19. The van der Waals surface area contributed by atoms with Crippen molar-refractivity contribution in [3.05, 3.63) is 21.9 Å². The molecule has 0 spiro atoms. The predicted octanol–water partition coefficient (Wildman–Crippen LogP) is 3.29. The molecule has 0 radical (unpaired) electrons. The number of rotatable bonds is 5. The van der Waals surface area contributed by atoms with Crippen LogP contribution in [0.3, 0.4) is 0 Å². The first-order valence-electron chi connectivity index (χ1n) is 4.85. The van der Waals surface area contributed by atoms with Gasteiger partial charge in [-0.2, -0.15) is 11.8 Å². The Hall–Kier alpha value is 0.01000. The zero-order valence-electron chi connectivity index (χ0n) is 9.39. The highest BCUT2D eigenvalue weighted by molar-refractivity contribution is 7.99. The van der Waals surface area contributed by atoms with Crippen molar-refractivity contribution in [2.45, 2.75) is 32.1 Å². The highest BCUT2D eigenvalue weighted by Gasteiger charge is 2.14. The molecule has 1 N–H and O–H groups in total. The summed E-state index contributed by atoms with van der Waals surface area (Å²) in [6, 6.07) is 4.39. The van der Waals surface area contributed by atoms with Crippen molar-refractivity contribution >= 4 is 23.1 Å². The summed E-state index contributed by atoms with van der Waals surface area (Å²) >= 11 is 3.78. The van der Waals surface area contributed by atoms with E-state index in [1.54, 1.807) is 0 Å². The van der Waals surface area contributed by atoms with Crippen LogP contribution in [0.5, 0.6) is 0 Å². The van der Waals surface area contributed by atoms with Crippen LogP contribution in [0.15, 0.2) is 12.1 Å². The lowest BCUT2D eigenvalue weighted by Gasteiger charge is -2.22. The lowest BCUT2D eigenvalue weighted by molar-refractivity contribution is 0.594. The maximum atomic E-state index is 3.50. The Labute approximate surface area is 95.3 Å². The molecule has 0 saturated carbocycles. The van der Waals surface area contributed by atoms with Gasteiger partial charge in [0, 0.05) is 27.6 Å². The molecule has 1 aromatic rings. The molecule has 1 heterocycles. The molecule has 0 fully saturated rings. The molecule has 3 heteroatoms. The largest absolute Gasteiger partial charge is 0.310 e. The first kappa shape index (κ1) is 12.1. The van der Waals surface area contributed by atoms with Crippen LogP contribution in [0.25, 0.3) is 0 Å². The van der Waals surface area contributed by atoms with Crippen molar-refractivity contribution in [1.29, 1.82) is 0 Å². The molecule has 14 heavy (non-hydrogen) atoms. The number of thiophene rings is 1. The van der Waals surface area contributed by atoms with E-state index in [0.29, 0.717) is 4.75 Å². The lowest BCUT2D eigenvalue weighted by Crippen LogP contribution is -2.31. The summed E-state index contributed by atoms with van der Waals surface area (Å²) in [5, 5.41) is 3.50. The van der Waals surface area contributed by atoms with Crippen molar-refractivity contribution in [2.75, 3.05) is 12.8 Å². The predicted molar refractivity (Wildman–Crippen MR) is 68.4 cm³/mol. The van der Waals surface area contributed by atoms with Crippen LogP contribution in [-0.2, 0) is 6.54 Å². The first-order chi connectivity index (χ1) is 6.53. The molecule has 0 bridgehead atoms. The molecule has 1 aromatic heterocycles. The third kappa shape index (κ3) is 4.03. The minimum absolute atomic E-state index is 0.340. The van der Waals surface area contributed by atoms with Gasteiger partial charge in [0.15, 0.2) is 0 Å². The number of aryl methyl sites for hydroxylation is 1. The van der Waals surface area contributed by atoms with Gasteiger partial charge in [-0.1, -0.05) is 0 Å². The third-order valence-electron chi connectivity index (χ3n) is 2.20. The van der Waals surface area contributed by atoms with Gasteiger partial charge in [0.25, 0.3) is 0 Å². The van der Waals surface area contributed by atoms with Gasteiger partial charge in [0.1, 0.15) is 0 Å². The quantitative estimate of drug-likeness (QED) is 0.831. The van der Waals surface area contributed by atoms with Crippen LogP contribution in [0.1, 0.15) is 23.6 Å². The summed E-state index contributed by atoms with van der Waals surface area (Å²) in [5.74, 6) is 0. The summed E-state index contributed by atoms with van der Waals surface area (Å²) in [4.78, 5) is 2.82. The van der Waals surface area contributed by atoms with E-state index < -0.39 is 0 Å². The van der Waals surface area contributed by atoms with Gasteiger partial charge in [-0.3, -0.25) is 0 Å². The van der Waals surface area contributed by atoms with Crippen molar-refractivity contribution < 1.29 is 0 Å². The molecule has 80 valence electrons. The van der Waals surface area contributed by atoms with E-state index in [9.17, 15) is 0 Å². The van der Waals surface area contributed by atoms with Crippen LogP contribution in [-0.4, -0.2) is 17.5 Å². The Bertz CT molecular complexity index is 279. The molecule has 0 saturated heterocycles. The van der Waals surface area contributed by atoms with E-state index >= 15 is 0 Å². The van der Waals surface area contributed by atoms with Crippen LogP contribution in [0, 0.1) is 6.92 Å². The molecular weight excluding hydrogens is 210 g/mol. The van der Waals surface area contributed by atoms with Crippen molar-refractivity contribution in [1.82, 2.24) is 5.32 Å². The Balaban J connectivity index is 2.28. The van der Waals surface area contributed by atoms with E-state index in [4.69, 9.17) is 0 Å². The highest BCUT2D eigenvalue weighted by atomic mass is 32.2. The fourth-order valence-corrected chi connectivity index (χ4v) is 2.25. The monoisotopic (exact) mass is 229 g/mol. The topological polar surface area (TPSA) is 12.0 Å². The summed E-state index contributed by atoms with van der Waals surface area (Å²) in [6.07, 6.45) is 2.16. The smallest absolute Gasteiger partial charge is 0.0300 e. The van der Waals surface area contributed by atoms with E-state index in [1.165, 1.54) is 9.75 Å². The molecule has 0 aromatic carbocycles. The van der Waals surface area contributed by atoms with Gasteiger partial charge in [-0.05, 0) is 39.2 Å². The lowest BCUT2D eigenvalue weighted by atomic mass is 10.2. The maximum absolute atomic E-state index is 3.50. The van der Waals surface area contributed by atoms with E-state index in [2.05, 4.69) is 44.5 Å². The fourth-order valence-electron chi connectivity index (χ4n) is 1.14. The summed E-state index contributed by atoms with van der Waals surface area (Å²) in [5.41, 5.74) is 0. The molecule has 0 aliphatic rings. The summed E-state index contributed by atoms with van der Waals surface area (Å²) < 4.78 is 0.340. The molecule has 1 rings (SSSR count). The second-order valence-corrected chi connectivity index (χ2v) is 6.97. The summed E-state index contributed by atoms with van der Waals surface area (Å²) in [6.45, 7) is 8.75. The van der Waals surface area contributed by atoms with E-state index in [1.807, 2.05) is 23.1 Å². The van der Waals surface area contributed by atoms with Gasteiger partial charge in [0.2, 0.25) is 0 Å². The Kier molecular flexibility index (Phi) is 4.48. The number of hydrogen-bond donors (Lipinski definition) is 1. The third-order valence-corrected chi connectivity index (χ3v) is 4.45. The van der Waals surface area contributed by atoms with Crippen molar-refractivity contribution in [3.63, 3.8) is 0 Å². The minimum Gasteiger partial charge on any atom is -0.310 e. The van der Waals surface area contributed by atoms with Crippen LogP contribution in [0.4, 0.5) is 0 Å². The Morgan fingerprint density at radius 1 is 1.43 bits per heavy atom. The number of thioether (sulfide) groups is 1. The average molecular weight is 229 g/mol. The molecule has 0 aliphatic carbocycles. The standard InChI is InChI=1S/C11H19NS2/c1-9-5-6-10(14-9)7-12-8-11(2,3)13-4/h5-6,12H,7-8H2,1-4H3. The van der Waals surface area contributed by atoms with Gasteiger partial charge in [-0.25, -0.2) is 0 Å². The molecule has 1 nitrogen and oxygen atoms in total. The van der Waals surface area contributed by atoms with Crippen molar-refractivity contribution in [2.24, 2.45) is 0 Å². The molecule has 0 atom stereocenters. The molecule has 0 unspecified atom stereocenters. The van der Waals surface area contributed by atoms with Gasteiger partial charge in [0.05, 0.1) is 0 Å². The Morgan fingerprint density at radius 3 is 2.64 bits per heavy atom. The fraction of sp³-hybridized carbons (Fsp3) is 0.636. The highest BCUT2D eigenvalue weighted by Crippen LogP contribution is 2.20. The average Bonchev–Trinajstić information content (AvgIpc) is 2.51. The molecular formula is C11H19NS2. The van der Waals surface area contributed by atoms with Gasteiger partial charge < -0.3 is 5.32 Å². The Morgan fingerprint density at radius 2 is 2.14 bits per heavy atom. The zero-order chi connectivity index (χ0) is 10.6. The molecule has 0 amide bonds. The normalized spacial score (nSPS) is 12.0. The van der Waals surface area contributed by atoms with Crippen LogP contribution < -0.4 is 5.32 Å². The minimum atomic E-state index is 0.340. The van der Waals surface area contributed by atoms with Crippen molar-refractivity contribution in [3.8, 4) is 0 Å². The second-order valence-electron chi connectivity index (χ2n) is 4.08. The van der Waals surface area contributed by atoms with Crippen LogP contribution in [0.2, 0.25) is 0 Å². The van der Waals surface area contributed by atoms with Crippen LogP contribution >= 0.6 is 23.1 Å². The number of hydrogen-bond acceptors (Lipinski definition) is 3. The maximum Gasteiger partial charge on any atom is 0.0300 e. The van der Waals surface area contributed by atoms with E-state index in [0.717, 1.165) is 13.1 Å². The SMILES string of the molecule is CSC(C)(C)CNCc1ccc(C)s1. The van der Waals surface area contributed by atoms with Gasteiger partial charge in [-0.15, -0.1) is 11.3 Å². The first-order valence-corrected chi connectivity index (χ1v) is 6.89. The summed E-state index contributed by atoms with van der Waals surface area (Å²) in [7, 11) is 0. The van der Waals surface area contributed by atoms with E-state index in [-0.39, 0.29) is 0 Å². The zero-order valence-corrected chi connectivity index (χ0v) is 11.0. The van der Waals surface area contributed by atoms with Gasteiger partial charge >= 0.3 is 0 Å². The number of nitrogens with one attached hydrogen (secondary N) is 1. The molecule has 0 aliphatic heterocycles.